The van der Waals surface area contributed by atoms with Gasteiger partial charge >= 0.3 is 5.97 Å². The second kappa shape index (κ2) is 5.12. The molecule has 3 nitrogen and oxygen atoms in total. The quantitative estimate of drug-likeness (QED) is 0.369. The minimum absolute atomic E-state index is 0.217. The molecule has 1 aromatic rings. The smallest absolute Gasteiger partial charge is 0.326 e. The van der Waals surface area contributed by atoms with Gasteiger partial charge in [-0.3, -0.25) is 9.59 Å². The molecular formula is C9H6BrClO3. The summed E-state index contributed by atoms with van der Waals surface area (Å²) >= 11 is 8.45. The summed E-state index contributed by atoms with van der Waals surface area (Å²) in [7, 11) is 0. The van der Waals surface area contributed by atoms with E-state index in [0.717, 1.165) is 4.47 Å². The van der Waals surface area contributed by atoms with Gasteiger partial charge in [0.05, 0.1) is 5.56 Å². The molecule has 0 aromatic heterocycles. The molecule has 0 bridgehead atoms. The van der Waals surface area contributed by atoms with Gasteiger partial charge in [-0.2, -0.15) is 0 Å². The number of carbonyl (C=O) groups is 2. The van der Waals surface area contributed by atoms with Crippen molar-refractivity contribution in [3.05, 3.63) is 28.2 Å². The van der Waals surface area contributed by atoms with E-state index in [0.29, 0.717) is 11.8 Å². The van der Waals surface area contributed by atoms with Gasteiger partial charge in [0.25, 0.3) is 0 Å². The molecule has 0 unspecified atom stereocenters. The van der Waals surface area contributed by atoms with Gasteiger partial charge in [0.1, 0.15) is 11.6 Å². The van der Waals surface area contributed by atoms with Gasteiger partial charge in [0.15, 0.2) is 6.29 Å². The number of aldehydes is 1. The van der Waals surface area contributed by atoms with Gasteiger partial charge in [-0.1, -0.05) is 15.9 Å². The van der Waals surface area contributed by atoms with E-state index in [9.17, 15) is 9.59 Å². The molecule has 0 saturated carbocycles. The minimum Gasteiger partial charge on any atom is -0.425 e. The van der Waals surface area contributed by atoms with Crippen molar-refractivity contribution in [2.24, 2.45) is 0 Å². The molecule has 0 saturated heterocycles. The van der Waals surface area contributed by atoms with E-state index in [4.69, 9.17) is 16.3 Å². The molecule has 0 amide bonds. The number of halogens is 2. The number of ether oxygens (including phenoxy) is 1. The van der Waals surface area contributed by atoms with Gasteiger partial charge in [-0.15, -0.1) is 11.6 Å². The molecule has 5 heteroatoms. The zero-order chi connectivity index (χ0) is 10.6. The van der Waals surface area contributed by atoms with Crippen molar-refractivity contribution in [3.63, 3.8) is 0 Å². The predicted octanol–water partition coefficient (Wildman–Crippen LogP) is 2.41. The summed E-state index contributed by atoms with van der Waals surface area (Å²) in [4.78, 5) is 21.5. The number of carbonyl (C=O) groups excluding carboxylic acids is 2. The fraction of sp³-hybridized carbons (Fsp3) is 0.111. The van der Waals surface area contributed by atoms with Crippen LogP contribution in [0.25, 0.3) is 0 Å². The fourth-order valence-electron chi connectivity index (χ4n) is 0.854. The number of hydrogen-bond acceptors (Lipinski definition) is 3. The van der Waals surface area contributed by atoms with E-state index in [1.54, 1.807) is 12.1 Å². The maximum absolute atomic E-state index is 10.9. The molecule has 0 fully saturated rings. The van der Waals surface area contributed by atoms with E-state index in [1.807, 2.05) is 0 Å². The first-order chi connectivity index (χ1) is 6.67. The van der Waals surface area contributed by atoms with Gasteiger partial charge in [-0.25, -0.2) is 0 Å². The van der Waals surface area contributed by atoms with Crippen LogP contribution in [0.15, 0.2) is 22.7 Å². The van der Waals surface area contributed by atoms with Crippen molar-refractivity contribution in [1.82, 2.24) is 0 Å². The third kappa shape index (κ3) is 2.82. The molecule has 14 heavy (non-hydrogen) atoms. The lowest BCUT2D eigenvalue weighted by atomic mass is 10.2. The molecule has 0 radical (unpaired) electrons. The van der Waals surface area contributed by atoms with Crippen LogP contribution in [0.4, 0.5) is 0 Å². The average molecular weight is 278 g/mol. The predicted molar refractivity (Wildman–Crippen MR) is 55.9 cm³/mol. The molecule has 0 spiro atoms. The summed E-state index contributed by atoms with van der Waals surface area (Å²) in [6, 6.07) is 4.76. The second-order valence-electron chi connectivity index (χ2n) is 2.41. The first kappa shape index (κ1) is 11.2. The third-order valence-electron chi connectivity index (χ3n) is 1.43. The van der Waals surface area contributed by atoms with Crippen molar-refractivity contribution in [3.8, 4) is 5.75 Å². The molecule has 0 aliphatic heterocycles. The molecule has 0 heterocycles. The second-order valence-corrected chi connectivity index (χ2v) is 3.59. The van der Waals surface area contributed by atoms with E-state index in [-0.39, 0.29) is 11.6 Å². The molecule has 1 rings (SSSR count). The highest BCUT2D eigenvalue weighted by Gasteiger charge is 2.07. The molecule has 1 aromatic carbocycles. The number of benzene rings is 1. The van der Waals surface area contributed by atoms with E-state index in [1.165, 1.54) is 6.07 Å². The van der Waals surface area contributed by atoms with E-state index in [2.05, 4.69) is 15.9 Å². The fourth-order valence-corrected chi connectivity index (χ4v) is 1.29. The van der Waals surface area contributed by atoms with Crippen molar-refractivity contribution >= 4 is 39.8 Å². The summed E-state index contributed by atoms with van der Waals surface area (Å²) in [5.41, 5.74) is 0.304. The Labute approximate surface area is 94.1 Å². The zero-order valence-corrected chi connectivity index (χ0v) is 9.34. The van der Waals surface area contributed by atoms with Crippen molar-refractivity contribution in [2.45, 2.75) is 0 Å². The average Bonchev–Trinajstić information content (AvgIpc) is 2.20. The van der Waals surface area contributed by atoms with Crippen LogP contribution in [-0.2, 0) is 4.79 Å². The van der Waals surface area contributed by atoms with Crippen LogP contribution in [-0.4, -0.2) is 18.1 Å². The van der Waals surface area contributed by atoms with Crippen molar-refractivity contribution in [2.75, 3.05) is 5.88 Å². The number of esters is 1. The lowest BCUT2D eigenvalue weighted by Gasteiger charge is -2.04. The Kier molecular flexibility index (Phi) is 4.10. The molecule has 74 valence electrons. The van der Waals surface area contributed by atoms with Crippen LogP contribution in [0.2, 0.25) is 0 Å². The Balaban J connectivity index is 2.96. The first-order valence-corrected chi connectivity index (χ1v) is 5.01. The van der Waals surface area contributed by atoms with Gasteiger partial charge in [0, 0.05) is 4.47 Å². The summed E-state index contributed by atoms with van der Waals surface area (Å²) in [5, 5.41) is 0. The lowest BCUT2D eigenvalue weighted by molar-refractivity contribution is -0.131. The number of hydrogen-bond donors (Lipinski definition) is 0. The van der Waals surface area contributed by atoms with Gasteiger partial charge in [-0.05, 0) is 18.2 Å². The van der Waals surface area contributed by atoms with Crippen LogP contribution in [0, 0.1) is 0 Å². The summed E-state index contributed by atoms with van der Waals surface area (Å²) in [6.45, 7) is 0. The Morgan fingerprint density at radius 3 is 2.86 bits per heavy atom. The topological polar surface area (TPSA) is 43.4 Å². The highest BCUT2D eigenvalue weighted by atomic mass is 79.9. The Morgan fingerprint density at radius 2 is 2.29 bits per heavy atom. The highest BCUT2D eigenvalue weighted by Crippen LogP contribution is 2.21. The number of rotatable bonds is 3. The van der Waals surface area contributed by atoms with Crippen molar-refractivity contribution < 1.29 is 14.3 Å². The van der Waals surface area contributed by atoms with Crippen LogP contribution in [0.3, 0.4) is 0 Å². The first-order valence-electron chi connectivity index (χ1n) is 3.68. The Hall–Kier alpha value is -0.870. The maximum atomic E-state index is 10.9. The van der Waals surface area contributed by atoms with E-state index < -0.39 is 5.97 Å². The van der Waals surface area contributed by atoms with Crippen molar-refractivity contribution in [1.29, 1.82) is 0 Å². The lowest BCUT2D eigenvalue weighted by Crippen LogP contribution is -2.10. The molecule has 0 N–H and O–H groups in total. The molecular weight excluding hydrogens is 271 g/mol. The molecule has 0 aliphatic carbocycles. The monoisotopic (exact) mass is 276 g/mol. The molecule has 0 aliphatic rings. The SMILES string of the molecule is O=Cc1cc(Br)ccc1OC(=O)CCl. The van der Waals surface area contributed by atoms with Crippen LogP contribution < -0.4 is 4.74 Å². The van der Waals surface area contributed by atoms with Gasteiger partial charge < -0.3 is 4.74 Å². The molecule has 0 atom stereocenters. The largest absolute Gasteiger partial charge is 0.425 e. The zero-order valence-electron chi connectivity index (χ0n) is 7.00. The Morgan fingerprint density at radius 1 is 1.57 bits per heavy atom. The van der Waals surface area contributed by atoms with E-state index >= 15 is 0 Å². The standard InChI is InChI=1S/C9H6BrClO3/c10-7-1-2-8(6(3-7)5-12)14-9(13)4-11/h1-3,5H,4H2. The summed E-state index contributed by atoms with van der Waals surface area (Å²) < 4.78 is 5.56. The van der Waals surface area contributed by atoms with Crippen LogP contribution >= 0.6 is 27.5 Å². The van der Waals surface area contributed by atoms with Crippen LogP contribution in [0.5, 0.6) is 5.75 Å². The Bertz CT molecular complexity index is 365. The van der Waals surface area contributed by atoms with Gasteiger partial charge in [0.2, 0.25) is 0 Å². The third-order valence-corrected chi connectivity index (χ3v) is 2.14. The normalized spacial score (nSPS) is 9.57. The maximum Gasteiger partial charge on any atom is 0.326 e. The number of alkyl halides is 1. The van der Waals surface area contributed by atoms with Crippen LogP contribution in [0.1, 0.15) is 10.4 Å². The summed E-state index contributed by atoms with van der Waals surface area (Å²) in [5.74, 6) is -0.611. The highest BCUT2D eigenvalue weighted by molar-refractivity contribution is 9.10. The summed E-state index contributed by atoms with van der Waals surface area (Å²) in [6.07, 6.45) is 0.613. The minimum atomic E-state index is -0.586.